The van der Waals surface area contributed by atoms with Gasteiger partial charge in [0, 0.05) is 30.8 Å². The summed E-state index contributed by atoms with van der Waals surface area (Å²) in [6.07, 6.45) is 1.40. The maximum absolute atomic E-state index is 12.3. The smallest absolute Gasteiger partial charge is 0.331 e. The Morgan fingerprint density at radius 1 is 1.33 bits per heavy atom. The van der Waals surface area contributed by atoms with Crippen LogP contribution in [0.3, 0.4) is 0 Å². The Kier molecular flexibility index (Phi) is 3.29. The van der Waals surface area contributed by atoms with Crippen LogP contribution in [0.1, 0.15) is 18.4 Å². The summed E-state index contributed by atoms with van der Waals surface area (Å²) in [7, 11) is 0. The summed E-state index contributed by atoms with van der Waals surface area (Å²) in [4.78, 5) is 24.4. The van der Waals surface area contributed by atoms with Crippen molar-refractivity contribution in [2.24, 2.45) is 0 Å². The van der Waals surface area contributed by atoms with Crippen molar-refractivity contribution < 1.29 is 4.74 Å². The quantitative estimate of drug-likeness (QED) is 0.905. The Bertz CT molecular complexity index is 791. The number of hydrogen-bond donors (Lipinski definition) is 1. The molecule has 0 saturated carbocycles. The SMILES string of the molecule is CCn1cc(N)c(=O)n(CC2COc3ccccc32)c1=O. The predicted molar refractivity (Wildman–Crippen MR) is 79.7 cm³/mol. The van der Waals surface area contributed by atoms with Crippen LogP contribution in [0.25, 0.3) is 0 Å². The molecule has 3 rings (SSSR count). The number of nitrogen functional groups attached to an aromatic ring is 1. The molecular formula is C15H17N3O3. The zero-order chi connectivity index (χ0) is 15.0. The van der Waals surface area contributed by atoms with E-state index in [1.807, 2.05) is 31.2 Å². The molecule has 6 heteroatoms. The summed E-state index contributed by atoms with van der Waals surface area (Å²) in [5, 5.41) is 0. The van der Waals surface area contributed by atoms with Crippen LogP contribution in [0.15, 0.2) is 40.1 Å². The number of ether oxygens (including phenoxy) is 1. The van der Waals surface area contributed by atoms with Gasteiger partial charge < -0.3 is 10.5 Å². The molecular weight excluding hydrogens is 270 g/mol. The summed E-state index contributed by atoms with van der Waals surface area (Å²) in [5.41, 5.74) is 6.05. The second-order valence-corrected chi connectivity index (χ2v) is 5.11. The van der Waals surface area contributed by atoms with Gasteiger partial charge in [-0.1, -0.05) is 18.2 Å². The number of para-hydroxylation sites is 1. The van der Waals surface area contributed by atoms with Gasteiger partial charge in [-0.05, 0) is 13.0 Å². The first kappa shape index (κ1) is 13.5. The van der Waals surface area contributed by atoms with Gasteiger partial charge in [0.05, 0.1) is 6.61 Å². The summed E-state index contributed by atoms with van der Waals surface area (Å²) in [6, 6.07) is 7.68. The highest BCUT2D eigenvalue weighted by Gasteiger charge is 2.25. The highest BCUT2D eigenvalue weighted by molar-refractivity contribution is 5.39. The monoisotopic (exact) mass is 287 g/mol. The molecule has 1 atom stereocenters. The minimum atomic E-state index is -0.436. The first-order valence-corrected chi connectivity index (χ1v) is 6.93. The summed E-state index contributed by atoms with van der Waals surface area (Å²) in [6.45, 7) is 3.05. The number of fused-ring (bicyclic) bond motifs is 1. The minimum absolute atomic E-state index is 0.0151. The molecule has 6 nitrogen and oxygen atoms in total. The lowest BCUT2D eigenvalue weighted by Gasteiger charge is -2.13. The molecule has 1 aliphatic rings. The Morgan fingerprint density at radius 2 is 2.10 bits per heavy atom. The molecule has 1 aliphatic heterocycles. The average molecular weight is 287 g/mol. The molecule has 0 aliphatic carbocycles. The van der Waals surface area contributed by atoms with Crippen LogP contribution < -0.4 is 21.7 Å². The van der Waals surface area contributed by atoms with Crippen molar-refractivity contribution in [1.29, 1.82) is 0 Å². The van der Waals surface area contributed by atoms with E-state index in [9.17, 15) is 9.59 Å². The van der Waals surface area contributed by atoms with E-state index in [1.54, 1.807) is 0 Å². The molecule has 0 spiro atoms. The lowest BCUT2D eigenvalue weighted by atomic mass is 10.0. The second kappa shape index (κ2) is 5.12. The van der Waals surface area contributed by atoms with Gasteiger partial charge in [0.25, 0.3) is 5.56 Å². The van der Waals surface area contributed by atoms with Gasteiger partial charge >= 0.3 is 5.69 Å². The average Bonchev–Trinajstić information content (AvgIpc) is 2.90. The first-order valence-electron chi connectivity index (χ1n) is 6.93. The Morgan fingerprint density at radius 3 is 2.86 bits per heavy atom. The topological polar surface area (TPSA) is 79.2 Å². The summed E-state index contributed by atoms with van der Waals surface area (Å²) < 4.78 is 8.24. The van der Waals surface area contributed by atoms with Crippen LogP contribution in [0, 0.1) is 0 Å². The van der Waals surface area contributed by atoms with E-state index in [0.717, 1.165) is 11.3 Å². The number of nitrogens with two attached hydrogens (primary N) is 1. The van der Waals surface area contributed by atoms with Crippen molar-refractivity contribution in [2.45, 2.75) is 25.9 Å². The molecule has 1 aromatic carbocycles. The first-order chi connectivity index (χ1) is 10.1. The molecule has 0 fully saturated rings. The summed E-state index contributed by atoms with van der Waals surface area (Å²) in [5.74, 6) is 0.800. The lowest BCUT2D eigenvalue weighted by molar-refractivity contribution is 0.315. The Hall–Kier alpha value is -2.50. The van der Waals surface area contributed by atoms with Crippen molar-refractivity contribution >= 4 is 5.69 Å². The zero-order valence-corrected chi connectivity index (χ0v) is 11.8. The zero-order valence-electron chi connectivity index (χ0n) is 11.8. The van der Waals surface area contributed by atoms with Crippen LogP contribution >= 0.6 is 0 Å². The van der Waals surface area contributed by atoms with Crippen molar-refractivity contribution in [2.75, 3.05) is 12.3 Å². The van der Waals surface area contributed by atoms with Crippen molar-refractivity contribution in [3.63, 3.8) is 0 Å². The predicted octanol–water partition coefficient (Wildman–Crippen LogP) is 0.788. The van der Waals surface area contributed by atoms with E-state index in [4.69, 9.17) is 10.5 Å². The van der Waals surface area contributed by atoms with E-state index >= 15 is 0 Å². The number of hydrogen-bond acceptors (Lipinski definition) is 4. The number of aryl methyl sites for hydroxylation is 1. The molecule has 21 heavy (non-hydrogen) atoms. The molecule has 1 unspecified atom stereocenters. The van der Waals surface area contributed by atoms with Gasteiger partial charge in [-0.25, -0.2) is 4.79 Å². The van der Waals surface area contributed by atoms with Crippen molar-refractivity contribution in [3.05, 3.63) is 56.9 Å². The molecule has 2 aromatic rings. The molecule has 0 saturated heterocycles. The molecule has 2 N–H and O–H groups in total. The van der Waals surface area contributed by atoms with Gasteiger partial charge in [-0.3, -0.25) is 13.9 Å². The fraction of sp³-hybridized carbons (Fsp3) is 0.333. The van der Waals surface area contributed by atoms with Gasteiger partial charge in [-0.2, -0.15) is 0 Å². The fourth-order valence-electron chi connectivity index (χ4n) is 2.66. The van der Waals surface area contributed by atoms with Crippen LogP contribution in [0.5, 0.6) is 5.75 Å². The number of benzene rings is 1. The Balaban J connectivity index is 2.02. The van der Waals surface area contributed by atoms with E-state index in [2.05, 4.69) is 0 Å². The third-order valence-electron chi connectivity index (χ3n) is 3.81. The van der Waals surface area contributed by atoms with Gasteiger partial charge in [0.15, 0.2) is 0 Å². The molecule has 0 bridgehead atoms. The third-order valence-corrected chi connectivity index (χ3v) is 3.81. The molecule has 2 heterocycles. The van der Waals surface area contributed by atoms with Gasteiger partial charge in [0.2, 0.25) is 0 Å². The number of anilines is 1. The number of nitrogens with zero attached hydrogens (tertiary/aromatic N) is 2. The highest BCUT2D eigenvalue weighted by atomic mass is 16.5. The highest BCUT2D eigenvalue weighted by Crippen LogP contribution is 2.33. The lowest BCUT2D eigenvalue weighted by Crippen LogP contribution is -2.41. The largest absolute Gasteiger partial charge is 0.493 e. The maximum Gasteiger partial charge on any atom is 0.331 e. The van der Waals surface area contributed by atoms with E-state index in [0.29, 0.717) is 13.2 Å². The van der Waals surface area contributed by atoms with E-state index in [1.165, 1.54) is 15.3 Å². The molecule has 1 aromatic heterocycles. The second-order valence-electron chi connectivity index (χ2n) is 5.11. The van der Waals surface area contributed by atoms with Crippen LogP contribution in [-0.4, -0.2) is 15.7 Å². The van der Waals surface area contributed by atoms with E-state index < -0.39 is 5.56 Å². The minimum Gasteiger partial charge on any atom is -0.493 e. The number of aromatic nitrogens is 2. The van der Waals surface area contributed by atoms with E-state index in [-0.39, 0.29) is 23.8 Å². The fourth-order valence-corrected chi connectivity index (χ4v) is 2.66. The third kappa shape index (κ3) is 2.22. The van der Waals surface area contributed by atoms with Crippen LogP contribution in [0.2, 0.25) is 0 Å². The standard InChI is InChI=1S/C15H17N3O3/c1-2-17-8-12(16)14(19)18(15(17)20)7-10-9-21-13-6-4-3-5-11(10)13/h3-6,8,10H,2,7,9,16H2,1H3. The molecule has 0 radical (unpaired) electrons. The van der Waals surface area contributed by atoms with Crippen molar-refractivity contribution in [1.82, 2.24) is 9.13 Å². The number of rotatable bonds is 3. The molecule has 110 valence electrons. The van der Waals surface area contributed by atoms with Crippen LogP contribution in [0.4, 0.5) is 5.69 Å². The van der Waals surface area contributed by atoms with Crippen LogP contribution in [-0.2, 0) is 13.1 Å². The normalized spacial score (nSPS) is 16.5. The maximum atomic E-state index is 12.3. The van der Waals surface area contributed by atoms with Gasteiger partial charge in [0.1, 0.15) is 11.4 Å². The molecule has 0 amide bonds. The Labute approximate surface area is 121 Å². The summed E-state index contributed by atoms with van der Waals surface area (Å²) >= 11 is 0. The van der Waals surface area contributed by atoms with Crippen molar-refractivity contribution in [3.8, 4) is 5.75 Å². The van der Waals surface area contributed by atoms with Gasteiger partial charge in [-0.15, -0.1) is 0 Å².